The summed E-state index contributed by atoms with van der Waals surface area (Å²) in [4.78, 5) is 10.8. The van der Waals surface area contributed by atoms with Crippen LogP contribution in [0.1, 0.15) is 31.9 Å². The van der Waals surface area contributed by atoms with Gasteiger partial charge >= 0.3 is 5.97 Å². The molecule has 3 nitrogen and oxygen atoms in total. The van der Waals surface area contributed by atoms with Crippen molar-refractivity contribution in [3.05, 3.63) is 24.0 Å². The van der Waals surface area contributed by atoms with Gasteiger partial charge in [0.15, 0.2) is 0 Å². The number of fused-ring (bicyclic) bond motifs is 1. The summed E-state index contributed by atoms with van der Waals surface area (Å²) in [6, 6.07) is 4.06. The summed E-state index contributed by atoms with van der Waals surface area (Å²) in [6.07, 6.45) is 4.16. The molecule has 3 heteroatoms. The van der Waals surface area contributed by atoms with E-state index in [0.717, 1.165) is 19.4 Å². The van der Waals surface area contributed by atoms with E-state index in [0.29, 0.717) is 0 Å². The minimum Gasteiger partial charge on any atom is -0.481 e. The largest absolute Gasteiger partial charge is 0.481 e. The summed E-state index contributed by atoms with van der Waals surface area (Å²) in [5.74, 6) is -0.693. The maximum Gasteiger partial charge on any atom is 0.304 e. The van der Waals surface area contributed by atoms with Crippen molar-refractivity contribution in [3.63, 3.8) is 0 Å². The van der Waals surface area contributed by atoms with Crippen molar-refractivity contribution in [1.82, 2.24) is 4.57 Å². The molecule has 0 saturated heterocycles. The van der Waals surface area contributed by atoms with Crippen molar-refractivity contribution < 1.29 is 9.90 Å². The van der Waals surface area contributed by atoms with E-state index in [4.69, 9.17) is 5.11 Å². The van der Waals surface area contributed by atoms with Gasteiger partial charge in [0.1, 0.15) is 0 Å². The topological polar surface area (TPSA) is 42.2 Å². The fourth-order valence-electron chi connectivity index (χ4n) is 2.50. The minimum absolute atomic E-state index is 0.116. The van der Waals surface area contributed by atoms with Crippen LogP contribution in [0.5, 0.6) is 0 Å². The van der Waals surface area contributed by atoms with Crippen molar-refractivity contribution in [1.29, 1.82) is 0 Å². The second-order valence-electron chi connectivity index (χ2n) is 4.04. The molecule has 1 aliphatic rings. The molecule has 0 aliphatic carbocycles. The number of aryl methyl sites for hydroxylation is 1. The number of nitrogens with zero attached hydrogens (tertiary/aromatic N) is 1. The van der Waals surface area contributed by atoms with Crippen molar-refractivity contribution in [2.45, 2.75) is 38.1 Å². The highest BCUT2D eigenvalue weighted by Gasteiger charge is 2.39. The first-order valence-electron chi connectivity index (χ1n) is 5.05. The molecule has 0 bridgehead atoms. The Labute approximate surface area is 83.4 Å². The second-order valence-corrected chi connectivity index (χ2v) is 4.04. The summed E-state index contributed by atoms with van der Waals surface area (Å²) >= 11 is 0. The van der Waals surface area contributed by atoms with Gasteiger partial charge in [0.2, 0.25) is 0 Å². The predicted octanol–water partition coefficient (Wildman–Crippen LogP) is 2.01. The molecule has 14 heavy (non-hydrogen) atoms. The van der Waals surface area contributed by atoms with Gasteiger partial charge in [-0.3, -0.25) is 4.79 Å². The molecule has 0 radical (unpaired) electrons. The molecule has 0 aromatic carbocycles. The Hall–Kier alpha value is -1.25. The molecular formula is C11H15NO2. The molecule has 0 spiro atoms. The normalized spacial score (nSPS) is 24.9. The van der Waals surface area contributed by atoms with Crippen LogP contribution in [0.15, 0.2) is 18.3 Å². The average molecular weight is 193 g/mol. The lowest BCUT2D eigenvalue weighted by Gasteiger charge is -2.25. The smallest absolute Gasteiger partial charge is 0.304 e. The number of hydrogen-bond donors (Lipinski definition) is 1. The highest BCUT2D eigenvalue weighted by molar-refractivity contribution is 5.69. The fourth-order valence-corrected chi connectivity index (χ4v) is 2.50. The summed E-state index contributed by atoms with van der Waals surface area (Å²) in [7, 11) is 0. The highest BCUT2D eigenvalue weighted by Crippen LogP contribution is 2.40. The Bertz CT molecular complexity index is 356. The van der Waals surface area contributed by atoms with Crippen LogP contribution in [0.2, 0.25) is 0 Å². The van der Waals surface area contributed by atoms with Crippen molar-refractivity contribution in [3.8, 4) is 0 Å². The Balaban J connectivity index is 2.35. The third-order valence-electron chi connectivity index (χ3n) is 3.37. The third-order valence-corrected chi connectivity index (χ3v) is 3.37. The van der Waals surface area contributed by atoms with E-state index in [9.17, 15) is 4.79 Å². The van der Waals surface area contributed by atoms with Gasteiger partial charge in [-0.15, -0.1) is 0 Å². The number of rotatable bonds is 3. The van der Waals surface area contributed by atoms with Crippen LogP contribution in [0.25, 0.3) is 0 Å². The first-order chi connectivity index (χ1) is 6.68. The zero-order valence-electron chi connectivity index (χ0n) is 8.36. The van der Waals surface area contributed by atoms with Gasteiger partial charge in [0.25, 0.3) is 0 Å². The van der Waals surface area contributed by atoms with Crippen LogP contribution in [-0.2, 0) is 16.8 Å². The van der Waals surface area contributed by atoms with E-state index in [-0.39, 0.29) is 11.8 Å². The molecule has 1 N–H and O–H groups in total. The number of aromatic nitrogens is 1. The number of hydrogen-bond acceptors (Lipinski definition) is 1. The Morgan fingerprint density at radius 3 is 3.14 bits per heavy atom. The number of aliphatic carboxylic acids is 1. The lowest BCUT2D eigenvalue weighted by molar-refractivity contribution is -0.138. The molecule has 1 aromatic rings. The third kappa shape index (κ3) is 1.24. The summed E-state index contributed by atoms with van der Waals surface area (Å²) in [6.45, 7) is 3.04. The van der Waals surface area contributed by atoms with E-state index in [1.54, 1.807) is 0 Å². The zero-order chi connectivity index (χ0) is 10.2. The molecule has 76 valence electrons. The molecule has 0 fully saturated rings. The second kappa shape index (κ2) is 3.15. The van der Waals surface area contributed by atoms with Crippen LogP contribution in [-0.4, -0.2) is 15.6 Å². The maximum absolute atomic E-state index is 10.8. The summed E-state index contributed by atoms with van der Waals surface area (Å²) in [5, 5.41) is 8.92. The molecule has 1 aromatic heterocycles. The van der Waals surface area contributed by atoms with Crippen LogP contribution in [0.4, 0.5) is 0 Å². The minimum atomic E-state index is -0.693. The predicted molar refractivity (Wildman–Crippen MR) is 53.3 cm³/mol. The standard InChI is InChI=1S/C11H15NO2/c1-2-11(8-10(13)14)5-7-12-6-3-4-9(11)12/h3-4,6H,2,5,7-8H2,1H3,(H,13,14). The summed E-state index contributed by atoms with van der Waals surface area (Å²) in [5.41, 5.74) is 1.08. The Morgan fingerprint density at radius 2 is 2.50 bits per heavy atom. The van der Waals surface area contributed by atoms with Gasteiger partial charge < -0.3 is 9.67 Å². The van der Waals surface area contributed by atoms with Gasteiger partial charge in [0, 0.05) is 23.9 Å². The van der Waals surface area contributed by atoms with Crippen molar-refractivity contribution in [2.24, 2.45) is 0 Å². The monoisotopic (exact) mass is 193 g/mol. The molecular weight excluding hydrogens is 178 g/mol. The Kier molecular flexibility index (Phi) is 2.10. The SMILES string of the molecule is CCC1(CC(=O)O)CCn2cccc21. The molecule has 1 aliphatic heterocycles. The molecule has 0 saturated carbocycles. The van der Waals surface area contributed by atoms with Crippen LogP contribution in [0, 0.1) is 0 Å². The van der Waals surface area contributed by atoms with Gasteiger partial charge in [-0.2, -0.15) is 0 Å². The molecule has 2 rings (SSSR count). The summed E-state index contributed by atoms with van der Waals surface area (Å²) < 4.78 is 2.17. The first kappa shape index (κ1) is 9.31. The fraction of sp³-hybridized carbons (Fsp3) is 0.545. The lowest BCUT2D eigenvalue weighted by Crippen LogP contribution is -2.25. The average Bonchev–Trinajstić information content (AvgIpc) is 2.68. The van der Waals surface area contributed by atoms with Gasteiger partial charge in [0.05, 0.1) is 6.42 Å². The molecule has 1 unspecified atom stereocenters. The van der Waals surface area contributed by atoms with E-state index < -0.39 is 5.97 Å². The lowest BCUT2D eigenvalue weighted by atomic mass is 9.78. The molecule has 2 heterocycles. The number of carboxylic acid groups (broad SMARTS) is 1. The van der Waals surface area contributed by atoms with E-state index in [2.05, 4.69) is 17.6 Å². The van der Waals surface area contributed by atoms with Crippen molar-refractivity contribution >= 4 is 5.97 Å². The van der Waals surface area contributed by atoms with Crippen molar-refractivity contribution in [2.75, 3.05) is 0 Å². The van der Waals surface area contributed by atoms with Gasteiger partial charge in [-0.05, 0) is 25.0 Å². The van der Waals surface area contributed by atoms with Crippen LogP contribution < -0.4 is 0 Å². The zero-order valence-corrected chi connectivity index (χ0v) is 8.36. The van der Waals surface area contributed by atoms with Crippen LogP contribution in [0.3, 0.4) is 0 Å². The molecule has 0 amide bonds. The first-order valence-corrected chi connectivity index (χ1v) is 5.05. The maximum atomic E-state index is 10.8. The van der Waals surface area contributed by atoms with E-state index in [1.807, 2.05) is 12.3 Å². The van der Waals surface area contributed by atoms with E-state index in [1.165, 1.54) is 5.69 Å². The molecule has 1 atom stereocenters. The number of carboxylic acids is 1. The van der Waals surface area contributed by atoms with Gasteiger partial charge in [-0.25, -0.2) is 0 Å². The highest BCUT2D eigenvalue weighted by atomic mass is 16.4. The Morgan fingerprint density at radius 1 is 1.71 bits per heavy atom. The van der Waals surface area contributed by atoms with E-state index >= 15 is 0 Å². The van der Waals surface area contributed by atoms with Gasteiger partial charge in [-0.1, -0.05) is 6.92 Å². The number of carbonyl (C=O) groups is 1. The quantitative estimate of drug-likeness (QED) is 0.797. The van der Waals surface area contributed by atoms with Crippen LogP contribution >= 0.6 is 0 Å².